The van der Waals surface area contributed by atoms with Gasteiger partial charge in [0, 0.05) is 37.8 Å². The number of nitrogens with one attached hydrogen (secondary N) is 3. The smallest absolute Gasteiger partial charge is 0.402 e. The molecule has 0 fully saturated rings. The lowest BCUT2D eigenvalue weighted by atomic mass is 10.1. The molecule has 280 valence electrons. The molecule has 4 rings (SSSR count). The van der Waals surface area contributed by atoms with Crippen molar-refractivity contribution in [1.29, 1.82) is 0 Å². The van der Waals surface area contributed by atoms with Crippen molar-refractivity contribution in [1.82, 2.24) is 0 Å². The summed E-state index contributed by atoms with van der Waals surface area (Å²) in [5, 5.41) is 2.98. The van der Waals surface area contributed by atoms with Crippen LogP contribution in [0.2, 0.25) is 0 Å². The topological polar surface area (TPSA) is 168 Å². The molecule has 53 heavy (non-hydrogen) atoms. The Hall–Kier alpha value is 1.10. The van der Waals surface area contributed by atoms with Crippen LogP contribution in [0, 0.1) is 32.1 Å². The van der Waals surface area contributed by atoms with Crippen molar-refractivity contribution in [3.8, 4) is 0 Å². The van der Waals surface area contributed by atoms with Gasteiger partial charge in [-0.2, -0.15) is 17.2 Å². The second kappa shape index (κ2) is 19.4. The van der Waals surface area contributed by atoms with Crippen LogP contribution in [0.25, 0.3) is 0 Å². The van der Waals surface area contributed by atoms with Crippen LogP contribution in [0.3, 0.4) is 0 Å². The van der Waals surface area contributed by atoms with Gasteiger partial charge in [0.15, 0.2) is 6.61 Å². The summed E-state index contributed by atoms with van der Waals surface area (Å²) in [6.45, 7) is -2.10. The Bertz CT molecular complexity index is 2240. The highest BCUT2D eigenvalue weighted by atomic mass is 127. The zero-order valence-corrected chi connectivity index (χ0v) is 45.4. The minimum absolute atomic E-state index is 0.0380. The molecule has 0 aliphatic rings. The molecule has 0 saturated carbocycles. The summed E-state index contributed by atoms with van der Waals surface area (Å²) < 4.78 is 71.0. The van der Waals surface area contributed by atoms with Gasteiger partial charge in [-0.15, -0.1) is 0 Å². The number of carbonyl (C=O) groups excluding carboxylic acids is 4. The number of benzene rings is 4. The van der Waals surface area contributed by atoms with E-state index in [1.807, 2.05) is 176 Å². The highest BCUT2D eigenvalue weighted by Crippen LogP contribution is 2.35. The number of ether oxygens (including phenoxy) is 1. The fourth-order valence-electron chi connectivity index (χ4n) is 4.17. The van der Waals surface area contributed by atoms with Gasteiger partial charge < -0.3 is 20.7 Å². The van der Waals surface area contributed by atoms with Gasteiger partial charge in [-0.05, 0) is 252 Å². The van der Waals surface area contributed by atoms with Gasteiger partial charge in [0.2, 0.25) is 0 Å². The molecule has 0 bridgehead atoms. The predicted octanol–water partition coefficient (Wildman–Crippen LogP) is 10.5. The molecular formula is C30H14F2I9N3O8S. The molecule has 4 N–H and O–H groups in total. The second-order valence-electron chi connectivity index (χ2n) is 10.2. The Kier molecular flexibility index (Phi) is 17.2. The number of carbonyl (C=O) groups is 4. The minimum Gasteiger partial charge on any atom is -0.454 e. The highest BCUT2D eigenvalue weighted by Gasteiger charge is 2.46. The molecule has 0 heterocycles. The maximum absolute atomic E-state index is 14.3. The Morgan fingerprint density at radius 2 is 0.943 bits per heavy atom. The number of hydrogen-bond acceptors (Lipinski definition) is 7. The van der Waals surface area contributed by atoms with E-state index in [9.17, 15) is 36.4 Å². The van der Waals surface area contributed by atoms with Crippen molar-refractivity contribution < 1.29 is 45.7 Å². The molecule has 23 heteroatoms. The lowest BCUT2D eigenvalue weighted by molar-refractivity contribution is -0.00937. The van der Waals surface area contributed by atoms with Crippen LogP contribution in [0.1, 0.15) is 41.4 Å². The summed E-state index contributed by atoms with van der Waals surface area (Å²) >= 11 is 18.2. The minimum atomic E-state index is -6.00. The van der Waals surface area contributed by atoms with E-state index in [0.29, 0.717) is 23.4 Å². The van der Waals surface area contributed by atoms with Crippen LogP contribution in [0.4, 0.5) is 25.8 Å². The van der Waals surface area contributed by atoms with Crippen molar-refractivity contribution in [3.05, 3.63) is 103 Å². The largest absolute Gasteiger partial charge is 0.454 e. The summed E-state index contributed by atoms with van der Waals surface area (Å²) in [7, 11) is -6.00. The number of amides is 3. The SMILES string of the molecule is O=C(Nc1cc(NC(=O)c2cc(I)cc(I)c2I)c(C(=O)OCC(F)(F)S(=O)(=O)O)c(NC(=O)c2cc(I)cc(I)c2I)c1)c1cc(I)cc(I)c1I. The van der Waals surface area contributed by atoms with Crippen molar-refractivity contribution >= 4 is 254 Å². The molecule has 0 saturated heterocycles. The summed E-state index contributed by atoms with van der Waals surface area (Å²) in [5.41, 5.74) is -0.863. The standard InChI is InChI=1S/C30H14F2I9N3O8S/c31-30(32,53(49,50)51)9-52-29(48)22-20(43-27(46)15-2-11(34)5-18(37)24(15)40)7-13(42-26(45)14-1-10(33)4-17(36)23(14)39)8-21(22)44-28(47)16-3-12(35)6-19(38)25(16)41/h1-8H,9H2,(H,42,45)(H,43,46)(H,44,47)(H,49,50,51). The summed E-state index contributed by atoms with van der Waals surface area (Å²) in [6, 6.07) is 12.6. The third kappa shape index (κ3) is 11.9. The van der Waals surface area contributed by atoms with E-state index in [4.69, 9.17) is 9.29 Å². The van der Waals surface area contributed by atoms with Crippen molar-refractivity contribution in [2.45, 2.75) is 5.25 Å². The zero-order chi connectivity index (χ0) is 39.7. The van der Waals surface area contributed by atoms with E-state index >= 15 is 0 Å². The fraction of sp³-hybridized carbons (Fsp3) is 0.0667. The number of hydrogen-bond donors (Lipinski definition) is 4. The predicted molar refractivity (Wildman–Crippen MR) is 271 cm³/mol. The van der Waals surface area contributed by atoms with Gasteiger partial charge in [-0.3, -0.25) is 18.9 Å². The van der Waals surface area contributed by atoms with Crippen LogP contribution in [-0.4, -0.2) is 48.5 Å². The Morgan fingerprint density at radius 3 is 1.28 bits per heavy atom. The van der Waals surface area contributed by atoms with E-state index in [1.165, 1.54) is 12.1 Å². The van der Waals surface area contributed by atoms with E-state index in [-0.39, 0.29) is 16.8 Å². The van der Waals surface area contributed by atoms with Crippen LogP contribution in [0.15, 0.2) is 48.5 Å². The van der Waals surface area contributed by atoms with Crippen molar-refractivity contribution in [3.63, 3.8) is 0 Å². The van der Waals surface area contributed by atoms with E-state index in [2.05, 4.69) is 61.1 Å². The molecule has 0 aliphatic carbocycles. The maximum Gasteiger partial charge on any atom is 0.402 e. The fourth-order valence-corrected chi connectivity index (χ4v) is 11.6. The highest BCUT2D eigenvalue weighted by molar-refractivity contribution is 14.1. The van der Waals surface area contributed by atoms with Crippen LogP contribution in [-0.2, 0) is 14.9 Å². The normalized spacial score (nSPS) is 11.5. The molecular weight excluding hydrogens is 1740 g/mol. The van der Waals surface area contributed by atoms with Crippen LogP contribution in [0.5, 0.6) is 0 Å². The lowest BCUT2D eigenvalue weighted by Gasteiger charge is -2.20. The van der Waals surface area contributed by atoms with Gasteiger partial charge in [0.1, 0.15) is 5.56 Å². The van der Waals surface area contributed by atoms with E-state index in [0.717, 1.165) is 14.3 Å². The second-order valence-corrected chi connectivity index (χ2v) is 22.3. The Morgan fingerprint density at radius 1 is 0.604 bits per heavy atom. The average Bonchev–Trinajstić information content (AvgIpc) is 3.04. The molecule has 0 aliphatic heterocycles. The first-order valence-corrected chi connectivity index (χ1v) is 24.7. The van der Waals surface area contributed by atoms with Crippen molar-refractivity contribution in [2.75, 3.05) is 22.6 Å². The number of anilines is 3. The molecule has 3 amide bonds. The first kappa shape index (κ1) is 46.8. The summed E-state index contributed by atoms with van der Waals surface area (Å²) in [4.78, 5) is 55.0. The molecule has 11 nitrogen and oxygen atoms in total. The number of rotatable bonds is 10. The number of alkyl halides is 2. The molecule has 0 spiro atoms. The van der Waals surface area contributed by atoms with Crippen molar-refractivity contribution in [2.24, 2.45) is 0 Å². The Balaban J connectivity index is 1.95. The maximum atomic E-state index is 14.3. The van der Waals surface area contributed by atoms with E-state index in [1.54, 1.807) is 18.2 Å². The third-order valence-corrected chi connectivity index (χ3v) is 18.4. The average molecular weight is 1760 g/mol. The first-order chi connectivity index (χ1) is 24.5. The van der Waals surface area contributed by atoms with Gasteiger partial charge in [0.25, 0.3) is 17.7 Å². The molecule has 0 aromatic heterocycles. The molecule has 4 aromatic rings. The van der Waals surface area contributed by atoms with Crippen LogP contribution >= 0.6 is 203 Å². The molecule has 0 radical (unpaired) electrons. The summed E-state index contributed by atoms with van der Waals surface area (Å²) in [5.74, 6) is -3.70. The monoisotopic (exact) mass is 1760 g/mol. The lowest BCUT2D eigenvalue weighted by Crippen LogP contribution is -2.35. The first-order valence-electron chi connectivity index (χ1n) is 13.6. The van der Waals surface area contributed by atoms with Gasteiger partial charge in [-0.25, -0.2) is 4.79 Å². The molecule has 0 unspecified atom stereocenters. The van der Waals surface area contributed by atoms with Crippen LogP contribution < -0.4 is 16.0 Å². The number of halogens is 11. The third-order valence-electron chi connectivity index (χ3n) is 6.56. The quantitative estimate of drug-likeness (QED) is 0.0527. The number of esters is 1. The van der Waals surface area contributed by atoms with Gasteiger partial charge in [-0.1, -0.05) is 0 Å². The molecule has 0 atom stereocenters. The summed E-state index contributed by atoms with van der Waals surface area (Å²) in [6.07, 6.45) is 0. The van der Waals surface area contributed by atoms with Gasteiger partial charge >= 0.3 is 21.3 Å². The zero-order valence-electron chi connectivity index (χ0n) is 25.2. The Labute approximate surface area is 423 Å². The van der Waals surface area contributed by atoms with E-state index < -0.39 is 62.6 Å². The van der Waals surface area contributed by atoms with Gasteiger partial charge in [0.05, 0.1) is 28.1 Å². The molecule has 4 aromatic carbocycles.